The van der Waals surface area contributed by atoms with Gasteiger partial charge in [-0.15, -0.1) is 0 Å². The van der Waals surface area contributed by atoms with Crippen LogP contribution in [0.25, 0.3) is 27.5 Å². The molecule has 1 aromatic carbocycles. The van der Waals surface area contributed by atoms with Gasteiger partial charge in [0, 0.05) is 29.3 Å². The van der Waals surface area contributed by atoms with Gasteiger partial charge in [0.1, 0.15) is 6.17 Å². The third kappa shape index (κ3) is 4.00. The van der Waals surface area contributed by atoms with E-state index in [2.05, 4.69) is 25.9 Å². The number of aliphatic hydroxyl groups excluding tert-OH is 1. The van der Waals surface area contributed by atoms with Crippen molar-refractivity contribution in [3.8, 4) is 11.1 Å². The Balaban J connectivity index is 1.35. The van der Waals surface area contributed by atoms with Crippen LogP contribution in [0.1, 0.15) is 32.1 Å². The number of aliphatic hydroxyl groups is 1. The van der Waals surface area contributed by atoms with Crippen LogP contribution < -0.4 is 10.6 Å². The number of hydrogen-bond donors (Lipinski definition) is 4. The smallest absolute Gasteiger partial charge is 0.231 e. The highest BCUT2D eigenvalue weighted by atomic mass is 35.5. The van der Waals surface area contributed by atoms with Crippen LogP contribution in [-0.4, -0.2) is 49.1 Å². The first kappa shape index (κ1) is 22.2. The number of halogens is 3. The quantitative estimate of drug-likeness (QED) is 0.318. The van der Waals surface area contributed by atoms with Crippen LogP contribution in [0.15, 0.2) is 30.6 Å². The molecule has 11 heteroatoms. The first-order valence-corrected chi connectivity index (χ1v) is 12.0. The van der Waals surface area contributed by atoms with Crippen molar-refractivity contribution in [3.05, 3.63) is 41.4 Å². The molecule has 2 aliphatic rings. The van der Waals surface area contributed by atoms with Crippen LogP contribution in [-0.2, 0) is 4.79 Å². The standard InChI is InChI=1S/C24H23ClF2N6O2/c25-20-19(11-5-6-33-13(7-11)8-18(32-33)30-24(35)15-9-17(15)26)16-10-28-31-22(16)23(21(20)27)29-12-1-3-14(34)4-2-12/h5-8,10,12,14-15,17,29,34H,1-4,9H2,(H,28,31)(H,30,32,35)/t12?,14?,15-,17+/m1/s1. The van der Waals surface area contributed by atoms with Crippen molar-refractivity contribution in [1.82, 2.24) is 19.8 Å². The average Bonchev–Trinajstić information content (AvgIpc) is 3.20. The molecule has 3 heterocycles. The van der Waals surface area contributed by atoms with E-state index in [1.165, 1.54) is 0 Å². The molecule has 0 aliphatic heterocycles. The Morgan fingerprint density at radius 1 is 1.26 bits per heavy atom. The summed E-state index contributed by atoms with van der Waals surface area (Å²) in [5.41, 5.74) is 2.59. The van der Waals surface area contributed by atoms with Gasteiger partial charge in [0.2, 0.25) is 5.91 Å². The molecule has 4 aromatic rings. The second-order valence-corrected chi connectivity index (χ2v) is 9.73. The first-order chi connectivity index (χ1) is 16.9. The van der Waals surface area contributed by atoms with Crippen LogP contribution in [0.4, 0.5) is 20.3 Å². The lowest BCUT2D eigenvalue weighted by Gasteiger charge is -2.27. The number of aromatic nitrogens is 4. The maximum absolute atomic E-state index is 15.6. The number of carbonyl (C=O) groups is 1. The van der Waals surface area contributed by atoms with E-state index in [4.69, 9.17) is 11.6 Å². The molecule has 35 heavy (non-hydrogen) atoms. The highest BCUT2D eigenvalue weighted by Crippen LogP contribution is 2.42. The number of benzene rings is 1. The number of fused-ring (bicyclic) bond motifs is 2. The number of carbonyl (C=O) groups excluding carboxylic acids is 1. The number of H-pyrrole nitrogens is 1. The van der Waals surface area contributed by atoms with Crippen LogP contribution in [0, 0.1) is 11.7 Å². The number of anilines is 2. The van der Waals surface area contributed by atoms with Crippen LogP contribution in [0.2, 0.25) is 5.02 Å². The van der Waals surface area contributed by atoms with Gasteiger partial charge in [0.15, 0.2) is 11.6 Å². The van der Waals surface area contributed by atoms with Gasteiger partial charge in [-0.05, 0) is 49.8 Å². The summed E-state index contributed by atoms with van der Waals surface area (Å²) >= 11 is 6.58. The molecule has 182 valence electrons. The highest BCUT2D eigenvalue weighted by molar-refractivity contribution is 6.36. The summed E-state index contributed by atoms with van der Waals surface area (Å²) in [5, 5.41) is 27.6. The topological polar surface area (TPSA) is 107 Å². The summed E-state index contributed by atoms with van der Waals surface area (Å²) in [6, 6.07) is 5.25. The van der Waals surface area contributed by atoms with Gasteiger partial charge in [-0.2, -0.15) is 10.2 Å². The molecule has 2 atom stereocenters. The third-order valence-electron chi connectivity index (χ3n) is 6.89. The zero-order chi connectivity index (χ0) is 24.3. The number of rotatable bonds is 5. The number of pyridine rings is 1. The fourth-order valence-corrected chi connectivity index (χ4v) is 5.13. The Kier molecular flexibility index (Phi) is 5.37. The number of nitrogens with one attached hydrogen (secondary N) is 3. The molecule has 0 saturated heterocycles. The van der Waals surface area contributed by atoms with Gasteiger partial charge in [-0.3, -0.25) is 9.89 Å². The molecule has 0 radical (unpaired) electrons. The lowest BCUT2D eigenvalue weighted by Crippen LogP contribution is -2.28. The minimum atomic E-state index is -1.09. The second kappa shape index (κ2) is 8.46. The van der Waals surface area contributed by atoms with E-state index in [0.29, 0.717) is 46.2 Å². The lowest BCUT2D eigenvalue weighted by atomic mass is 9.92. The Hall–Kier alpha value is -3.24. The predicted molar refractivity (Wildman–Crippen MR) is 129 cm³/mol. The van der Waals surface area contributed by atoms with E-state index in [0.717, 1.165) is 12.8 Å². The van der Waals surface area contributed by atoms with Gasteiger partial charge in [0.05, 0.1) is 40.0 Å². The van der Waals surface area contributed by atoms with Crippen molar-refractivity contribution >= 4 is 45.4 Å². The number of aromatic amines is 1. The Bertz CT molecular complexity index is 1450. The van der Waals surface area contributed by atoms with Crippen molar-refractivity contribution in [1.29, 1.82) is 0 Å². The molecular weight excluding hydrogens is 478 g/mol. The summed E-state index contributed by atoms with van der Waals surface area (Å²) in [7, 11) is 0. The van der Waals surface area contributed by atoms with Crippen molar-refractivity contribution < 1.29 is 18.7 Å². The minimum absolute atomic E-state index is 0.0291. The van der Waals surface area contributed by atoms with Crippen LogP contribution in [0.5, 0.6) is 0 Å². The van der Waals surface area contributed by atoms with Crippen LogP contribution >= 0.6 is 11.6 Å². The van der Waals surface area contributed by atoms with Gasteiger partial charge in [-0.1, -0.05) is 11.6 Å². The maximum atomic E-state index is 15.6. The zero-order valence-corrected chi connectivity index (χ0v) is 19.3. The normalized spacial score (nSPS) is 24.1. The second-order valence-electron chi connectivity index (χ2n) is 9.35. The van der Waals surface area contributed by atoms with Crippen molar-refractivity contribution in [2.24, 2.45) is 5.92 Å². The number of amides is 1. The maximum Gasteiger partial charge on any atom is 0.231 e. The predicted octanol–water partition coefficient (Wildman–Crippen LogP) is 4.68. The SMILES string of the molecule is O=C(Nc1cc2cc(-c3c(Cl)c(F)c(NC4CCC(O)CC4)c4[nH]ncc34)ccn2n1)[C@@H]1C[C@@H]1F. The molecule has 3 aromatic heterocycles. The van der Waals surface area contributed by atoms with Crippen molar-refractivity contribution in [3.63, 3.8) is 0 Å². The minimum Gasteiger partial charge on any atom is -0.393 e. The third-order valence-corrected chi connectivity index (χ3v) is 7.24. The molecule has 2 saturated carbocycles. The van der Waals surface area contributed by atoms with Gasteiger partial charge in [0.25, 0.3) is 0 Å². The van der Waals surface area contributed by atoms with Gasteiger partial charge >= 0.3 is 0 Å². The molecule has 2 aliphatic carbocycles. The van der Waals surface area contributed by atoms with Crippen molar-refractivity contribution in [2.45, 2.75) is 50.4 Å². The summed E-state index contributed by atoms with van der Waals surface area (Å²) < 4.78 is 30.3. The number of nitrogens with zero attached hydrogens (tertiary/aromatic N) is 3. The summed E-state index contributed by atoms with van der Waals surface area (Å²) in [4.78, 5) is 12.1. The van der Waals surface area contributed by atoms with Crippen molar-refractivity contribution in [2.75, 3.05) is 10.6 Å². The molecule has 0 unspecified atom stereocenters. The van der Waals surface area contributed by atoms with E-state index in [-0.39, 0.29) is 35.2 Å². The van der Waals surface area contributed by atoms with Crippen LogP contribution in [0.3, 0.4) is 0 Å². The molecule has 2 fully saturated rings. The lowest BCUT2D eigenvalue weighted by molar-refractivity contribution is -0.117. The Morgan fingerprint density at radius 2 is 2.03 bits per heavy atom. The number of alkyl halides is 1. The van der Waals surface area contributed by atoms with Gasteiger partial charge < -0.3 is 15.7 Å². The summed E-state index contributed by atoms with van der Waals surface area (Å²) in [6.45, 7) is 0. The fraction of sp³-hybridized carbons (Fsp3) is 0.375. The largest absolute Gasteiger partial charge is 0.393 e. The Morgan fingerprint density at radius 3 is 2.77 bits per heavy atom. The number of hydrogen-bond acceptors (Lipinski definition) is 5. The van der Waals surface area contributed by atoms with E-state index in [9.17, 15) is 14.3 Å². The van der Waals surface area contributed by atoms with E-state index in [1.807, 2.05) is 0 Å². The molecule has 1 amide bonds. The van der Waals surface area contributed by atoms with Gasteiger partial charge in [-0.25, -0.2) is 13.3 Å². The summed E-state index contributed by atoms with van der Waals surface area (Å²) in [6.07, 6.45) is 4.95. The molecule has 0 bridgehead atoms. The molecule has 4 N–H and O–H groups in total. The summed E-state index contributed by atoms with van der Waals surface area (Å²) in [5.74, 6) is -1.26. The van der Waals surface area contributed by atoms with E-state index < -0.39 is 17.9 Å². The Labute approximate surface area is 203 Å². The average molecular weight is 501 g/mol. The fourth-order valence-electron chi connectivity index (χ4n) is 4.82. The zero-order valence-electron chi connectivity index (χ0n) is 18.6. The monoisotopic (exact) mass is 500 g/mol. The molecule has 8 nitrogen and oxygen atoms in total. The molecule has 6 rings (SSSR count). The molecule has 0 spiro atoms. The molecular formula is C24H23ClF2N6O2. The first-order valence-electron chi connectivity index (χ1n) is 11.6. The highest BCUT2D eigenvalue weighted by Gasteiger charge is 2.43. The van der Waals surface area contributed by atoms with E-state index >= 15 is 4.39 Å². The van der Waals surface area contributed by atoms with E-state index in [1.54, 1.807) is 35.1 Å².